The van der Waals surface area contributed by atoms with Crippen LogP contribution in [0.25, 0.3) is 0 Å². The van der Waals surface area contributed by atoms with E-state index in [9.17, 15) is 0 Å². The first kappa shape index (κ1) is 23.5. The van der Waals surface area contributed by atoms with Crippen molar-refractivity contribution in [2.75, 3.05) is 0 Å². The molecule has 0 atom stereocenters. The third-order valence-electron chi connectivity index (χ3n) is 5.87. The Balaban J connectivity index is 2.09. The van der Waals surface area contributed by atoms with E-state index in [1.54, 1.807) is 0 Å². The first-order chi connectivity index (χ1) is 13.0. The van der Waals surface area contributed by atoms with Gasteiger partial charge in [0.05, 0.1) is 0 Å². The van der Waals surface area contributed by atoms with Crippen LogP contribution in [0.15, 0.2) is 24.3 Å². The summed E-state index contributed by atoms with van der Waals surface area (Å²) in [7, 11) is 0. The SMILES string of the molecule is C1=CCCCCCCCCCCCCCCCCCCCCCC/C=C/1. The molecule has 1 aliphatic carbocycles. The first-order valence-corrected chi connectivity index (χ1v) is 12.3. The monoisotopic (exact) mass is 360 g/mol. The van der Waals surface area contributed by atoms with Crippen LogP contribution >= 0.6 is 0 Å². The summed E-state index contributed by atoms with van der Waals surface area (Å²) in [6, 6.07) is 0. The Morgan fingerprint density at radius 2 is 0.423 bits per heavy atom. The summed E-state index contributed by atoms with van der Waals surface area (Å²) >= 11 is 0. The van der Waals surface area contributed by atoms with Crippen LogP contribution in [0.2, 0.25) is 0 Å². The summed E-state index contributed by atoms with van der Waals surface area (Å²) in [5, 5.41) is 0. The molecule has 0 spiro atoms. The van der Waals surface area contributed by atoms with Gasteiger partial charge >= 0.3 is 0 Å². The van der Waals surface area contributed by atoms with Crippen molar-refractivity contribution < 1.29 is 0 Å². The quantitative estimate of drug-likeness (QED) is 0.403. The molecule has 0 heterocycles. The van der Waals surface area contributed by atoms with Gasteiger partial charge < -0.3 is 0 Å². The van der Waals surface area contributed by atoms with Gasteiger partial charge in [-0.2, -0.15) is 0 Å². The van der Waals surface area contributed by atoms with Crippen molar-refractivity contribution in [2.24, 2.45) is 0 Å². The van der Waals surface area contributed by atoms with Crippen LogP contribution in [0.4, 0.5) is 0 Å². The fourth-order valence-corrected chi connectivity index (χ4v) is 4.06. The van der Waals surface area contributed by atoms with Crippen LogP contribution in [-0.4, -0.2) is 0 Å². The summed E-state index contributed by atoms with van der Waals surface area (Å²) in [6.45, 7) is 0. The van der Waals surface area contributed by atoms with Gasteiger partial charge in [-0.3, -0.25) is 0 Å². The zero-order valence-corrected chi connectivity index (χ0v) is 17.9. The normalized spacial score (nSPS) is 24.0. The van der Waals surface area contributed by atoms with Gasteiger partial charge in [0.25, 0.3) is 0 Å². The largest absolute Gasteiger partial charge is 0.0845 e. The van der Waals surface area contributed by atoms with Crippen LogP contribution in [-0.2, 0) is 0 Å². The van der Waals surface area contributed by atoms with Crippen molar-refractivity contribution in [3.63, 3.8) is 0 Å². The first-order valence-electron chi connectivity index (χ1n) is 12.3. The standard InChI is InChI=1S/C26H48/c1-2-4-6-8-10-12-14-16-18-20-22-24-26-25-23-21-19-17-15-13-11-9-7-5-3-1/h1-4H,5-26H2/b3-1+,4-2?. The van der Waals surface area contributed by atoms with Gasteiger partial charge in [0.1, 0.15) is 0 Å². The highest BCUT2D eigenvalue weighted by Gasteiger charge is 1.95. The van der Waals surface area contributed by atoms with E-state index in [1.807, 2.05) is 0 Å². The molecule has 0 fully saturated rings. The molecule has 1 aliphatic rings. The number of rotatable bonds is 0. The second-order valence-electron chi connectivity index (χ2n) is 8.50. The summed E-state index contributed by atoms with van der Waals surface area (Å²) < 4.78 is 0. The van der Waals surface area contributed by atoms with Gasteiger partial charge in [-0.05, 0) is 25.7 Å². The highest BCUT2D eigenvalue weighted by molar-refractivity contribution is 5.02. The molecule has 0 aromatic carbocycles. The molecular weight excluding hydrogens is 312 g/mol. The Bertz CT molecular complexity index is 280. The Morgan fingerprint density at radius 1 is 0.231 bits per heavy atom. The maximum absolute atomic E-state index is 2.36. The van der Waals surface area contributed by atoms with Crippen LogP contribution < -0.4 is 0 Å². The Labute approximate surface area is 165 Å². The van der Waals surface area contributed by atoms with E-state index >= 15 is 0 Å². The van der Waals surface area contributed by atoms with Gasteiger partial charge in [-0.15, -0.1) is 0 Å². The molecule has 1 rings (SSSR count). The zero-order chi connectivity index (χ0) is 18.4. The van der Waals surface area contributed by atoms with E-state index in [-0.39, 0.29) is 0 Å². The lowest BCUT2D eigenvalue weighted by Gasteiger charge is -2.04. The van der Waals surface area contributed by atoms with E-state index in [2.05, 4.69) is 24.3 Å². The lowest BCUT2D eigenvalue weighted by atomic mass is 10.0. The number of hydrogen-bond acceptors (Lipinski definition) is 0. The average molecular weight is 361 g/mol. The Morgan fingerprint density at radius 3 is 0.654 bits per heavy atom. The van der Waals surface area contributed by atoms with Crippen molar-refractivity contribution in [1.82, 2.24) is 0 Å². The molecule has 0 saturated heterocycles. The predicted octanol–water partition coefficient (Wildman–Crippen LogP) is 9.69. The van der Waals surface area contributed by atoms with E-state index < -0.39 is 0 Å². The molecule has 0 nitrogen and oxygen atoms in total. The lowest BCUT2D eigenvalue weighted by Crippen LogP contribution is -1.84. The molecule has 0 bridgehead atoms. The minimum Gasteiger partial charge on any atom is -0.0845 e. The van der Waals surface area contributed by atoms with Crippen molar-refractivity contribution >= 4 is 0 Å². The second-order valence-corrected chi connectivity index (χ2v) is 8.50. The molecule has 0 aliphatic heterocycles. The molecule has 0 N–H and O–H groups in total. The van der Waals surface area contributed by atoms with Crippen LogP contribution in [0.1, 0.15) is 141 Å². The maximum atomic E-state index is 2.36. The van der Waals surface area contributed by atoms with E-state index in [0.29, 0.717) is 0 Å². The maximum Gasteiger partial charge on any atom is -0.0348 e. The molecule has 0 aromatic rings. The molecule has 152 valence electrons. The molecule has 26 heavy (non-hydrogen) atoms. The molecule has 0 aromatic heterocycles. The van der Waals surface area contributed by atoms with E-state index in [0.717, 1.165) is 0 Å². The number of allylic oxidation sites excluding steroid dienone is 4. The number of hydrogen-bond donors (Lipinski definition) is 0. The lowest BCUT2D eigenvalue weighted by molar-refractivity contribution is 0.521. The van der Waals surface area contributed by atoms with Crippen molar-refractivity contribution in [2.45, 2.75) is 141 Å². The summed E-state index contributed by atoms with van der Waals surface area (Å²) in [6.07, 6.45) is 41.0. The van der Waals surface area contributed by atoms with Crippen molar-refractivity contribution in [1.29, 1.82) is 0 Å². The molecule has 0 radical (unpaired) electrons. The van der Waals surface area contributed by atoms with Crippen molar-refractivity contribution in [3.8, 4) is 0 Å². The Kier molecular flexibility index (Phi) is 18.8. The fraction of sp³-hybridized carbons (Fsp3) is 0.846. The van der Waals surface area contributed by atoms with Gasteiger partial charge in [-0.1, -0.05) is 140 Å². The minimum absolute atomic E-state index is 1.27. The molecule has 0 saturated carbocycles. The van der Waals surface area contributed by atoms with E-state index in [4.69, 9.17) is 0 Å². The molecule has 0 amide bonds. The highest BCUT2D eigenvalue weighted by Crippen LogP contribution is 2.15. The summed E-state index contributed by atoms with van der Waals surface area (Å²) in [5.41, 5.74) is 0. The third-order valence-corrected chi connectivity index (χ3v) is 5.87. The molecule has 0 unspecified atom stereocenters. The van der Waals surface area contributed by atoms with Gasteiger partial charge in [0.2, 0.25) is 0 Å². The fourth-order valence-electron chi connectivity index (χ4n) is 4.06. The zero-order valence-electron chi connectivity index (χ0n) is 17.9. The van der Waals surface area contributed by atoms with Crippen molar-refractivity contribution in [3.05, 3.63) is 24.3 Å². The van der Waals surface area contributed by atoms with Gasteiger partial charge in [-0.25, -0.2) is 0 Å². The molecular formula is C26H48. The minimum atomic E-state index is 1.27. The summed E-state index contributed by atoms with van der Waals surface area (Å²) in [5.74, 6) is 0. The van der Waals surface area contributed by atoms with Crippen LogP contribution in [0.5, 0.6) is 0 Å². The second kappa shape index (κ2) is 20.8. The predicted molar refractivity (Wildman–Crippen MR) is 120 cm³/mol. The average Bonchev–Trinajstić information content (AvgIpc) is 2.65. The third kappa shape index (κ3) is 18.3. The van der Waals surface area contributed by atoms with Gasteiger partial charge in [0.15, 0.2) is 0 Å². The Hall–Kier alpha value is -0.520. The van der Waals surface area contributed by atoms with Gasteiger partial charge in [0, 0.05) is 0 Å². The van der Waals surface area contributed by atoms with Crippen LogP contribution in [0.3, 0.4) is 0 Å². The topological polar surface area (TPSA) is 0 Å². The summed E-state index contributed by atoms with van der Waals surface area (Å²) in [4.78, 5) is 0. The highest BCUT2D eigenvalue weighted by atomic mass is 14.0. The van der Waals surface area contributed by atoms with Crippen LogP contribution in [0, 0.1) is 0 Å². The van der Waals surface area contributed by atoms with E-state index in [1.165, 1.54) is 141 Å². The molecule has 0 heteroatoms. The smallest absolute Gasteiger partial charge is 0.0348 e.